The van der Waals surface area contributed by atoms with Gasteiger partial charge >= 0.3 is 0 Å². The van der Waals surface area contributed by atoms with Crippen molar-refractivity contribution in [1.82, 2.24) is 0 Å². The molecule has 0 radical (unpaired) electrons. The Labute approximate surface area is 123 Å². The Morgan fingerprint density at radius 3 is 2.79 bits per heavy atom. The zero-order valence-electron chi connectivity index (χ0n) is 10.6. The Morgan fingerprint density at radius 1 is 1.37 bits per heavy atom. The van der Waals surface area contributed by atoms with Gasteiger partial charge in [-0.1, -0.05) is 23.8 Å². The van der Waals surface area contributed by atoms with E-state index in [9.17, 15) is 0 Å². The number of thiocarbonyl (C=S) groups is 1. The minimum absolute atomic E-state index is 0.339. The first-order valence-corrected chi connectivity index (χ1v) is 7.41. The summed E-state index contributed by atoms with van der Waals surface area (Å²) in [6, 6.07) is 6.02. The summed E-state index contributed by atoms with van der Waals surface area (Å²) in [6.45, 7) is 0.835. The van der Waals surface area contributed by atoms with Gasteiger partial charge in [0.15, 0.2) is 0 Å². The molecule has 0 bridgehead atoms. The van der Waals surface area contributed by atoms with Gasteiger partial charge in [0.1, 0.15) is 4.99 Å². The Kier molecular flexibility index (Phi) is 3.65. The molecule has 1 aliphatic carbocycles. The van der Waals surface area contributed by atoms with E-state index < -0.39 is 0 Å². The van der Waals surface area contributed by atoms with Crippen LogP contribution >= 0.6 is 23.8 Å². The molecule has 1 saturated carbocycles. The third kappa shape index (κ3) is 2.86. The van der Waals surface area contributed by atoms with E-state index in [4.69, 9.17) is 34.3 Å². The van der Waals surface area contributed by atoms with E-state index >= 15 is 0 Å². The van der Waals surface area contributed by atoms with Crippen molar-refractivity contribution in [3.05, 3.63) is 28.8 Å². The van der Waals surface area contributed by atoms with E-state index in [1.54, 1.807) is 0 Å². The van der Waals surface area contributed by atoms with Crippen LogP contribution in [0.3, 0.4) is 0 Å². The van der Waals surface area contributed by atoms with Crippen LogP contribution in [0.2, 0.25) is 5.02 Å². The topological polar surface area (TPSA) is 47.3 Å². The van der Waals surface area contributed by atoms with Crippen LogP contribution in [0.25, 0.3) is 0 Å². The Morgan fingerprint density at radius 2 is 2.16 bits per heavy atom. The summed E-state index contributed by atoms with van der Waals surface area (Å²) in [7, 11) is 0. The number of halogens is 1. The molecule has 2 unspecified atom stereocenters. The maximum atomic E-state index is 6.28. The predicted molar refractivity (Wildman–Crippen MR) is 81.8 cm³/mol. The molecule has 2 fully saturated rings. The second-order valence-corrected chi connectivity index (χ2v) is 6.12. The van der Waals surface area contributed by atoms with E-state index in [0.717, 1.165) is 30.2 Å². The third-order valence-electron chi connectivity index (χ3n) is 3.82. The minimum atomic E-state index is 0.339. The van der Waals surface area contributed by atoms with E-state index in [-0.39, 0.29) is 0 Å². The maximum Gasteiger partial charge on any atom is 0.104 e. The summed E-state index contributed by atoms with van der Waals surface area (Å²) < 4.78 is 5.82. The van der Waals surface area contributed by atoms with Crippen LogP contribution in [0.15, 0.2) is 18.2 Å². The molecule has 1 aromatic rings. The van der Waals surface area contributed by atoms with Crippen LogP contribution in [0.5, 0.6) is 0 Å². The van der Waals surface area contributed by atoms with Crippen molar-refractivity contribution >= 4 is 34.5 Å². The van der Waals surface area contributed by atoms with Gasteiger partial charge in [-0.05, 0) is 43.4 Å². The molecule has 3 N–H and O–H groups in total. The highest BCUT2D eigenvalue weighted by Gasteiger charge is 2.40. The molecule has 2 aliphatic rings. The van der Waals surface area contributed by atoms with Gasteiger partial charge in [-0.15, -0.1) is 0 Å². The van der Waals surface area contributed by atoms with Gasteiger partial charge in [0, 0.05) is 12.2 Å². The lowest BCUT2D eigenvalue weighted by Gasteiger charge is -2.21. The number of hydrogen-bond donors (Lipinski definition) is 2. The zero-order chi connectivity index (χ0) is 13.4. The molecular weight excluding hydrogens is 280 g/mol. The third-order valence-corrected chi connectivity index (χ3v) is 4.37. The van der Waals surface area contributed by atoms with Crippen LogP contribution in [0.4, 0.5) is 5.69 Å². The maximum absolute atomic E-state index is 6.28. The second-order valence-electron chi connectivity index (χ2n) is 5.27. The number of nitrogens with one attached hydrogen (secondary N) is 1. The molecule has 0 aromatic heterocycles. The second kappa shape index (κ2) is 5.27. The molecule has 102 valence electrons. The highest BCUT2D eigenvalue weighted by atomic mass is 35.5. The normalized spacial score (nSPS) is 26.4. The first-order chi connectivity index (χ1) is 9.15. The standard InChI is InChI=1S/C14H17ClN2OS/c15-10-7-9(14(16)19)3-4-11(10)17-12-5-6-18-13(12)8-1-2-8/h3-4,7-8,12-13,17H,1-2,5-6H2,(H2,16,19). The number of hydrogen-bond acceptors (Lipinski definition) is 3. The number of rotatable bonds is 4. The summed E-state index contributed by atoms with van der Waals surface area (Å²) in [5, 5.41) is 4.16. The van der Waals surface area contributed by atoms with Crippen molar-refractivity contribution in [2.75, 3.05) is 11.9 Å². The fourth-order valence-corrected chi connectivity index (χ4v) is 3.00. The molecule has 1 aromatic carbocycles. The van der Waals surface area contributed by atoms with Crippen molar-refractivity contribution in [2.24, 2.45) is 11.7 Å². The van der Waals surface area contributed by atoms with Gasteiger partial charge in [-0.25, -0.2) is 0 Å². The monoisotopic (exact) mass is 296 g/mol. The molecule has 19 heavy (non-hydrogen) atoms. The fourth-order valence-electron chi connectivity index (χ4n) is 2.64. The lowest BCUT2D eigenvalue weighted by Crippen LogP contribution is -2.31. The lowest BCUT2D eigenvalue weighted by atomic mass is 10.1. The quantitative estimate of drug-likeness (QED) is 0.839. The summed E-state index contributed by atoms with van der Waals surface area (Å²) in [5.41, 5.74) is 7.33. The van der Waals surface area contributed by atoms with Gasteiger partial charge in [0.25, 0.3) is 0 Å². The summed E-state index contributed by atoms with van der Waals surface area (Å²) in [6.07, 6.45) is 3.95. The van der Waals surface area contributed by atoms with Crippen molar-refractivity contribution in [3.8, 4) is 0 Å². The van der Waals surface area contributed by atoms with Gasteiger partial charge in [-0.3, -0.25) is 0 Å². The summed E-state index contributed by atoms with van der Waals surface area (Å²) >= 11 is 11.2. The molecule has 2 atom stereocenters. The molecular formula is C14H17ClN2OS. The van der Waals surface area contributed by atoms with E-state index in [1.165, 1.54) is 12.8 Å². The Balaban J connectivity index is 1.73. The predicted octanol–water partition coefficient (Wildman–Crippen LogP) is 2.95. The molecule has 3 rings (SSSR count). The summed E-state index contributed by atoms with van der Waals surface area (Å²) in [5.74, 6) is 0.731. The molecule has 1 aliphatic heterocycles. The first kappa shape index (κ1) is 13.2. The van der Waals surface area contributed by atoms with Gasteiger partial charge in [0.05, 0.1) is 22.9 Å². The SMILES string of the molecule is NC(=S)c1ccc(NC2CCOC2C2CC2)c(Cl)c1. The highest BCUT2D eigenvalue weighted by molar-refractivity contribution is 7.80. The van der Waals surface area contributed by atoms with Crippen LogP contribution in [-0.4, -0.2) is 23.7 Å². The van der Waals surface area contributed by atoms with E-state index in [0.29, 0.717) is 22.2 Å². The van der Waals surface area contributed by atoms with Crippen LogP contribution in [0.1, 0.15) is 24.8 Å². The number of ether oxygens (including phenoxy) is 1. The van der Waals surface area contributed by atoms with Crippen molar-refractivity contribution in [2.45, 2.75) is 31.4 Å². The first-order valence-electron chi connectivity index (χ1n) is 6.62. The van der Waals surface area contributed by atoms with Crippen molar-refractivity contribution in [1.29, 1.82) is 0 Å². The highest BCUT2D eigenvalue weighted by Crippen LogP contribution is 2.40. The Hall–Kier alpha value is -0.840. The number of benzene rings is 1. The van der Waals surface area contributed by atoms with E-state index in [1.807, 2.05) is 18.2 Å². The van der Waals surface area contributed by atoms with Gasteiger partial charge in [-0.2, -0.15) is 0 Å². The largest absolute Gasteiger partial charge is 0.389 e. The van der Waals surface area contributed by atoms with Crippen molar-refractivity contribution < 1.29 is 4.74 Å². The lowest BCUT2D eigenvalue weighted by molar-refractivity contribution is 0.0898. The fraction of sp³-hybridized carbons (Fsp3) is 0.500. The van der Waals surface area contributed by atoms with Crippen LogP contribution < -0.4 is 11.1 Å². The molecule has 1 heterocycles. The average Bonchev–Trinajstić information content (AvgIpc) is 3.12. The summed E-state index contributed by atoms with van der Waals surface area (Å²) in [4.78, 5) is 0.369. The molecule has 3 nitrogen and oxygen atoms in total. The zero-order valence-corrected chi connectivity index (χ0v) is 12.1. The Bertz CT molecular complexity index is 504. The number of anilines is 1. The van der Waals surface area contributed by atoms with Gasteiger partial charge < -0.3 is 15.8 Å². The molecule has 5 heteroatoms. The van der Waals surface area contributed by atoms with Crippen LogP contribution in [0, 0.1) is 5.92 Å². The molecule has 0 spiro atoms. The van der Waals surface area contributed by atoms with Crippen molar-refractivity contribution in [3.63, 3.8) is 0 Å². The van der Waals surface area contributed by atoms with Crippen LogP contribution in [-0.2, 0) is 4.74 Å². The molecule has 0 amide bonds. The van der Waals surface area contributed by atoms with Gasteiger partial charge in [0.2, 0.25) is 0 Å². The van der Waals surface area contributed by atoms with E-state index in [2.05, 4.69) is 5.32 Å². The smallest absolute Gasteiger partial charge is 0.104 e. The number of nitrogens with two attached hydrogens (primary N) is 1. The minimum Gasteiger partial charge on any atom is -0.389 e. The molecule has 1 saturated heterocycles. The average molecular weight is 297 g/mol.